The first-order chi connectivity index (χ1) is 10.7. The fourth-order valence-electron chi connectivity index (χ4n) is 3.33. The zero-order chi connectivity index (χ0) is 15.4. The normalized spacial score (nSPS) is 23.2. The molecule has 2 aromatic rings. The molecule has 0 saturated heterocycles. The fraction of sp³-hybridized carbons (Fsp3) is 0.400. The molecule has 1 aliphatic carbocycles. The molecular weight excluding hydrogens is 268 g/mol. The highest BCUT2D eigenvalue weighted by Gasteiger charge is 2.20. The molecule has 1 saturated carbocycles. The maximum absolute atomic E-state index is 5.98. The molecule has 22 heavy (non-hydrogen) atoms. The Morgan fingerprint density at radius 3 is 2.09 bits per heavy atom. The van der Waals surface area contributed by atoms with Crippen LogP contribution in [0.5, 0.6) is 0 Å². The zero-order valence-corrected chi connectivity index (χ0v) is 13.3. The summed E-state index contributed by atoms with van der Waals surface area (Å²) in [6.45, 7) is 2.26. The largest absolute Gasteiger partial charge is 0.328 e. The van der Waals surface area contributed by atoms with Crippen LogP contribution < -0.4 is 11.1 Å². The summed E-state index contributed by atoms with van der Waals surface area (Å²) < 4.78 is 0. The highest BCUT2D eigenvalue weighted by atomic mass is 14.9. The lowest BCUT2D eigenvalue weighted by Crippen LogP contribution is -2.38. The van der Waals surface area contributed by atoms with E-state index in [9.17, 15) is 0 Å². The van der Waals surface area contributed by atoms with Crippen molar-refractivity contribution in [1.82, 2.24) is 5.32 Å². The molecule has 1 fully saturated rings. The van der Waals surface area contributed by atoms with Crippen molar-refractivity contribution < 1.29 is 0 Å². The quantitative estimate of drug-likeness (QED) is 0.883. The van der Waals surface area contributed by atoms with Gasteiger partial charge in [-0.3, -0.25) is 0 Å². The number of hydrogen-bond donors (Lipinski definition) is 2. The van der Waals surface area contributed by atoms with Crippen LogP contribution in [0.25, 0.3) is 11.1 Å². The number of nitrogens with one attached hydrogen (secondary N) is 1. The summed E-state index contributed by atoms with van der Waals surface area (Å²) >= 11 is 0. The van der Waals surface area contributed by atoms with E-state index >= 15 is 0 Å². The number of nitrogens with two attached hydrogens (primary N) is 1. The zero-order valence-electron chi connectivity index (χ0n) is 13.3. The molecule has 0 aromatic heterocycles. The van der Waals surface area contributed by atoms with Crippen LogP contribution in [0.15, 0.2) is 54.6 Å². The highest BCUT2D eigenvalue weighted by molar-refractivity contribution is 5.63. The van der Waals surface area contributed by atoms with Crippen molar-refractivity contribution in [2.24, 2.45) is 5.73 Å². The molecule has 3 N–H and O–H groups in total. The van der Waals surface area contributed by atoms with Gasteiger partial charge in [-0.15, -0.1) is 0 Å². The first-order valence-corrected chi connectivity index (χ1v) is 8.39. The smallest absolute Gasteiger partial charge is 0.0294 e. The Balaban J connectivity index is 1.62. The molecule has 0 spiro atoms. The van der Waals surface area contributed by atoms with Gasteiger partial charge < -0.3 is 11.1 Å². The van der Waals surface area contributed by atoms with Crippen LogP contribution in [0.4, 0.5) is 0 Å². The third kappa shape index (κ3) is 3.76. The minimum Gasteiger partial charge on any atom is -0.328 e. The maximum atomic E-state index is 5.98. The van der Waals surface area contributed by atoms with Crippen LogP contribution in [-0.4, -0.2) is 12.1 Å². The van der Waals surface area contributed by atoms with Gasteiger partial charge in [0.1, 0.15) is 0 Å². The predicted molar refractivity (Wildman–Crippen MR) is 93.7 cm³/mol. The van der Waals surface area contributed by atoms with Gasteiger partial charge in [-0.2, -0.15) is 0 Å². The fourth-order valence-corrected chi connectivity index (χ4v) is 3.33. The first-order valence-electron chi connectivity index (χ1n) is 8.39. The van der Waals surface area contributed by atoms with Gasteiger partial charge in [0.15, 0.2) is 0 Å². The van der Waals surface area contributed by atoms with E-state index in [1.165, 1.54) is 29.5 Å². The number of hydrogen-bond acceptors (Lipinski definition) is 2. The Labute approximate surface area is 133 Å². The standard InChI is InChI=1S/C20H26N2/c1-15(22-20-13-11-19(21)12-14-20)16-7-9-18(10-8-16)17-5-3-2-4-6-17/h2-10,15,19-20,22H,11-14,21H2,1H3. The monoisotopic (exact) mass is 294 g/mol. The third-order valence-corrected chi connectivity index (χ3v) is 4.78. The average Bonchev–Trinajstić information content (AvgIpc) is 2.58. The van der Waals surface area contributed by atoms with E-state index in [1.54, 1.807) is 0 Å². The molecular formula is C20H26N2. The molecule has 2 nitrogen and oxygen atoms in total. The van der Waals surface area contributed by atoms with E-state index < -0.39 is 0 Å². The van der Waals surface area contributed by atoms with Gasteiger partial charge in [-0.05, 0) is 49.3 Å². The summed E-state index contributed by atoms with van der Waals surface area (Å²) in [5, 5.41) is 3.76. The van der Waals surface area contributed by atoms with Crippen molar-refractivity contribution in [2.75, 3.05) is 0 Å². The molecule has 116 valence electrons. The van der Waals surface area contributed by atoms with E-state index in [2.05, 4.69) is 66.8 Å². The van der Waals surface area contributed by atoms with E-state index in [0.717, 1.165) is 12.8 Å². The molecule has 3 rings (SSSR count). The van der Waals surface area contributed by atoms with Gasteiger partial charge >= 0.3 is 0 Å². The second-order valence-corrected chi connectivity index (χ2v) is 6.49. The molecule has 0 bridgehead atoms. The lowest BCUT2D eigenvalue weighted by Gasteiger charge is -2.29. The van der Waals surface area contributed by atoms with Gasteiger partial charge in [-0.25, -0.2) is 0 Å². The van der Waals surface area contributed by atoms with Crippen molar-refractivity contribution in [1.29, 1.82) is 0 Å². The molecule has 2 heteroatoms. The van der Waals surface area contributed by atoms with Crippen molar-refractivity contribution in [3.63, 3.8) is 0 Å². The third-order valence-electron chi connectivity index (χ3n) is 4.78. The second-order valence-electron chi connectivity index (χ2n) is 6.49. The molecule has 1 atom stereocenters. The lowest BCUT2D eigenvalue weighted by molar-refractivity contribution is 0.322. The van der Waals surface area contributed by atoms with Crippen LogP contribution in [0, 0.1) is 0 Å². The Kier molecular flexibility index (Phi) is 4.91. The summed E-state index contributed by atoms with van der Waals surface area (Å²) in [6.07, 6.45) is 4.70. The molecule has 0 amide bonds. The van der Waals surface area contributed by atoms with E-state index in [4.69, 9.17) is 5.73 Å². The molecule has 0 aliphatic heterocycles. The maximum Gasteiger partial charge on any atom is 0.0294 e. The van der Waals surface area contributed by atoms with Crippen molar-refractivity contribution >= 4 is 0 Å². The lowest BCUT2D eigenvalue weighted by atomic mass is 9.91. The summed E-state index contributed by atoms with van der Waals surface area (Å²) in [4.78, 5) is 0. The summed E-state index contributed by atoms with van der Waals surface area (Å²) in [5.74, 6) is 0. The predicted octanol–water partition coefficient (Wildman–Crippen LogP) is 4.27. The van der Waals surface area contributed by atoms with Gasteiger partial charge in [-0.1, -0.05) is 54.6 Å². The average molecular weight is 294 g/mol. The van der Waals surface area contributed by atoms with Gasteiger partial charge in [0.2, 0.25) is 0 Å². The Hall–Kier alpha value is -1.64. The van der Waals surface area contributed by atoms with Crippen LogP contribution >= 0.6 is 0 Å². The van der Waals surface area contributed by atoms with Gasteiger partial charge in [0.25, 0.3) is 0 Å². The van der Waals surface area contributed by atoms with Crippen molar-refractivity contribution in [3.8, 4) is 11.1 Å². The molecule has 0 heterocycles. The van der Waals surface area contributed by atoms with Crippen molar-refractivity contribution in [2.45, 2.75) is 50.7 Å². The van der Waals surface area contributed by atoms with Crippen LogP contribution in [0.1, 0.15) is 44.2 Å². The van der Waals surface area contributed by atoms with Crippen molar-refractivity contribution in [3.05, 3.63) is 60.2 Å². The highest BCUT2D eigenvalue weighted by Crippen LogP contribution is 2.24. The van der Waals surface area contributed by atoms with Crippen LogP contribution in [-0.2, 0) is 0 Å². The minimum atomic E-state index is 0.393. The second kappa shape index (κ2) is 7.08. The summed E-state index contributed by atoms with van der Waals surface area (Å²) in [5.41, 5.74) is 9.89. The van der Waals surface area contributed by atoms with Gasteiger partial charge in [0.05, 0.1) is 0 Å². The van der Waals surface area contributed by atoms with E-state index in [1.807, 2.05) is 0 Å². The van der Waals surface area contributed by atoms with E-state index in [0.29, 0.717) is 18.1 Å². The minimum absolute atomic E-state index is 0.393. The Bertz CT molecular complexity index is 568. The number of benzene rings is 2. The molecule has 0 radical (unpaired) electrons. The molecule has 2 aromatic carbocycles. The van der Waals surface area contributed by atoms with Gasteiger partial charge in [0, 0.05) is 18.1 Å². The Morgan fingerprint density at radius 2 is 1.45 bits per heavy atom. The first kappa shape index (κ1) is 15.3. The van der Waals surface area contributed by atoms with Crippen LogP contribution in [0.2, 0.25) is 0 Å². The van der Waals surface area contributed by atoms with E-state index in [-0.39, 0.29) is 0 Å². The molecule has 1 aliphatic rings. The SMILES string of the molecule is CC(NC1CCC(N)CC1)c1ccc(-c2ccccc2)cc1. The topological polar surface area (TPSA) is 38.0 Å². The molecule has 1 unspecified atom stereocenters. The Morgan fingerprint density at radius 1 is 0.864 bits per heavy atom. The number of rotatable bonds is 4. The summed E-state index contributed by atoms with van der Waals surface area (Å²) in [7, 11) is 0. The van der Waals surface area contributed by atoms with Crippen LogP contribution in [0.3, 0.4) is 0 Å². The summed E-state index contributed by atoms with van der Waals surface area (Å²) in [6, 6.07) is 20.9.